The second-order valence-corrected chi connectivity index (χ2v) is 5.39. The zero-order valence-electron chi connectivity index (χ0n) is 13.0. The Morgan fingerprint density at radius 2 is 1.82 bits per heavy atom. The number of rotatable bonds is 5. The molecular formula is C18H20O4. The van der Waals surface area contributed by atoms with Gasteiger partial charge in [-0.1, -0.05) is 32.0 Å². The van der Waals surface area contributed by atoms with Gasteiger partial charge in [0.1, 0.15) is 5.75 Å². The molecule has 2 aromatic rings. The molecule has 2 aromatic carbocycles. The van der Waals surface area contributed by atoms with Crippen LogP contribution >= 0.6 is 0 Å². The Morgan fingerprint density at radius 1 is 1.05 bits per heavy atom. The standard InChI is InChI=1S/C18H20O4/c1-4-19-18-21-16-7-5-6-15(17(16)22-18)20-14-10-8-13(9-11-14)12(2)3/h5-12,18H,4H2,1-3H3. The van der Waals surface area contributed by atoms with E-state index in [1.54, 1.807) is 0 Å². The summed E-state index contributed by atoms with van der Waals surface area (Å²) >= 11 is 0. The van der Waals surface area contributed by atoms with Gasteiger partial charge < -0.3 is 18.9 Å². The summed E-state index contributed by atoms with van der Waals surface area (Å²) in [6.45, 7) is 6.04. The van der Waals surface area contributed by atoms with Gasteiger partial charge in [-0.15, -0.1) is 0 Å². The summed E-state index contributed by atoms with van der Waals surface area (Å²) in [6, 6.07) is 13.6. The zero-order valence-corrected chi connectivity index (χ0v) is 13.0. The van der Waals surface area contributed by atoms with Crippen molar-refractivity contribution in [3.63, 3.8) is 0 Å². The fourth-order valence-corrected chi connectivity index (χ4v) is 2.26. The third-order valence-electron chi connectivity index (χ3n) is 3.46. The summed E-state index contributed by atoms with van der Waals surface area (Å²) in [7, 11) is 0. The van der Waals surface area contributed by atoms with Crippen molar-refractivity contribution in [3.8, 4) is 23.0 Å². The fourth-order valence-electron chi connectivity index (χ4n) is 2.26. The molecule has 1 heterocycles. The SMILES string of the molecule is CCOC1Oc2cccc(Oc3ccc(C(C)C)cc3)c2O1. The van der Waals surface area contributed by atoms with Crippen molar-refractivity contribution >= 4 is 0 Å². The number of benzene rings is 2. The van der Waals surface area contributed by atoms with Gasteiger partial charge in [-0.25, -0.2) is 0 Å². The second kappa shape index (κ2) is 6.28. The summed E-state index contributed by atoms with van der Waals surface area (Å²) < 4.78 is 22.4. The van der Waals surface area contributed by atoms with E-state index in [-0.39, 0.29) is 0 Å². The molecule has 1 atom stereocenters. The summed E-state index contributed by atoms with van der Waals surface area (Å²) in [5.41, 5.74) is 1.28. The van der Waals surface area contributed by atoms with Crippen LogP contribution in [0.2, 0.25) is 0 Å². The van der Waals surface area contributed by atoms with Crippen molar-refractivity contribution < 1.29 is 18.9 Å². The minimum Gasteiger partial charge on any atom is -0.453 e. The van der Waals surface area contributed by atoms with E-state index in [9.17, 15) is 0 Å². The molecule has 0 amide bonds. The predicted molar refractivity (Wildman–Crippen MR) is 83.7 cm³/mol. The first-order valence-corrected chi connectivity index (χ1v) is 7.53. The van der Waals surface area contributed by atoms with Crippen molar-refractivity contribution in [1.29, 1.82) is 0 Å². The van der Waals surface area contributed by atoms with E-state index in [2.05, 4.69) is 26.0 Å². The molecular weight excluding hydrogens is 280 g/mol. The third kappa shape index (κ3) is 3.02. The molecule has 0 spiro atoms. The van der Waals surface area contributed by atoms with Crippen LogP contribution in [0.5, 0.6) is 23.0 Å². The van der Waals surface area contributed by atoms with Crippen molar-refractivity contribution in [2.75, 3.05) is 6.61 Å². The Bertz CT molecular complexity index is 634. The van der Waals surface area contributed by atoms with Crippen LogP contribution in [0.3, 0.4) is 0 Å². The molecule has 0 aromatic heterocycles. The highest BCUT2D eigenvalue weighted by Crippen LogP contribution is 2.44. The molecule has 0 N–H and O–H groups in total. The van der Waals surface area contributed by atoms with Gasteiger partial charge in [-0.3, -0.25) is 0 Å². The zero-order chi connectivity index (χ0) is 15.5. The highest BCUT2D eigenvalue weighted by Gasteiger charge is 2.28. The van der Waals surface area contributed by atoms with Gasteiger partial charge in [0.2, 0.25) is 5.75 Å². The first kappa shape index (κ1) is 14.7. The van der Waals surface area contributed by atoms with Crippen LogP contribution in [0.1, 0.15) is 32.3 Å². The molecule has 4 nitrogen and oxygen atoms in total. The molecule has 0 saturated heterocycles. The van der Waals surface area contributed by atoms with Crippen LogP contribution in [-0.4, -0.2) is 13.1 Å². The van der Waals surface area contributed by atoms with Gasteiger partial charge in [-0.2, -0.15) is 0 Å². The smallest absolute Gasteiger partial charge is 0.361 e. The first-order valence-electron chi connectivity index (χ1n) is 7.53. The Hall–Kier alpha value is -2.20. The average molecular weight is 300 g/mol. The molecule has 3 rings (SSSR count). The molecule has 0 aliphatic carbocycles. The number of ether oxygens (including phenoxy) is 4. The van der Waals surface area contributed by atoms with Gasteiger partial charge in [0.15, 0.2) is 11.5 Å². The van der Waals surface area contributed by atoms with E-state index in [1.807, 2.05) is 37.3 Å². The lowest BCUT2D eigenvalue weighted by atomic mass is 10.0. The molecule has 116 valence electrons. The van der Waals surface area contributed by atoms with Gasteiger partial charge >= 0.3 is 6.48 Å². The lowest BCUT2D eigenvalue weighted by Crippen LogP contribution is -2.21. The Labute approximate surface area is 130 Å². The van der Waals surface area contributed by atoms with Crippen LogP contribution in [0, 0.1) is 0 Å². The molecule has 0 radical (unpaired) electrons. The molecule has 4 heteroatoms. The predicted octanol–water partition coefficient (Wildman–Crippen LogP) is 4.69. The minimum absolute atomic E-state index is 0.499. The molecule has 0 saturated carbocycles. The monoisotopic (exact) mass is 300 g/mol. The first-order chi connectivity index (χ1) is 10.7. The highest BCUT2D eigenvalue weighted by molar-refractivity contribution is 5.54. The lowest BCUT2D eigenvalue weighted by molar-refractivity contribution is -0.173. The number of hydrogen-bond acceptors (Lipinski definition) is 4. The summed E-state index contributed by atoms with van der Waals surface area (Å²) in [5.74, 6) is 3.10. The number of hydrogen-bond donors (Lipinski definition) is 0. The maximum Gasteiger partial charge on any atom is 0.361 e. The molecule has 1 aliphatic heterocycles. The van der Waals surface area contributed by atoms with Gasteiger partial charge in [0, 0.05) is 0 Å². The minimum atomic E-state index is -0.701. The summed E-state index contributed by atoms with van der Waals surface area (Å²) in [6.07, 6.45) is 0. The average Bonchev–Trinajstić information content (AvgIpc) is 2.92. The Kier molecular flexibility index (Phi) is 4.20. The van der Waals surface area contributed by atoms with Crippen molar-refractivity contribution in [2.24, 2.45) is 0 Å². The van der Waals surface area contributed by atoms with Gasteiger partial charge in [0.25, 0.3) is 0 Å². The molecule has 1 aliphatic rings. The largest absolute Gasteiger partial charge is 0.453 e. The van der Waals surface area contributed by atoms with E-state index in [4.69, 9.17) is 18.9 Å². The second-order valence-electron chi connectivity index (χ2n) is 5.39. The van der Waals surface area contributed by atoms with Gasteiger partial charge in [-0.05, 0) is 42.7 Å². The fraction of sp³-hybridized carbons (Fsp3) is 0.333. The Morgan fingerprint density at radius 3 is 2.50 bits per heavy atom. The molecule has 0 fully saturated rings. The summed E-state index contributed by atoms with van der Waals surface area (Å²) in [5, 5.41) is 0. The number of para-hydroxylation sites is 1. The van der Waals surface area contributed by atoms with E-state index in [1.165, 1.54) is 5.56 Å². The maximum atomic E-state index is 5.92. The molecule has 1 unspecified atom stereocenters. The quantitative estimate of drug-likeness (QED) is 0.802. The van der Waals surface area contributed by atoms with E-state index in [0.717, 1.165) is 5.75 Å². The van der Waals surface area contributed by atoms with Crippen LogP contribution < -0.4 is 14.2 Å². The van der Waals surface area contributed by atoms with Crippen LogP contribution in [0.25, 0.3) is 0 Å². The normalized spacial score (nSPS) is 16.1. The van der Waals surface area contributed by atoms with Crippen LogP contribution in [0.15, 0.2) is 42.5 Å². The van der Waals surface area contributed by atoms with Crippen LogP contribution in [0.4, 0.5) is 0 Å². The molecule has 22 heavy (non-hydrogen) atoms. The molecule has 0 bridgehead atoms. The number of fused-ring (bicyclic) bond motifs is 1. The van der Waals surface area contributed by atoms with Crippen molar-refractivity contribution in [2.45, 2.75) is 33.2 Å². The Balaban J connectivity index is 1.78. The van der Waals surface area contributed by atoms with Gasteiger partial charge in [0.05, 0.1) is 6.61 Å². The van der Waals surface area contributed by atoms with E-state index < -0.39 is 6.48 Å². The lowest BCUT2D eigenvalue weighted by Gasteiger charge is -2.11. The maximum absolute atomic E-state index is 5.92. The third-order valence-corrected chi connectivity index (χ3v) is 3.46. The highest BCUT2D eigenvalue weighted by atomic mass is 16.9. The van der Waals surface area contributed by atoms with E-state index >= 15 is 0 Å². The van der Waals surface area contributed by atoms with Crippen molar-refractivity contribution in [3.05, 3.63) is 48.0 Å². The van der Waals surface area contributed by atoms with E-state index in [0.29, 0.717) is 29.8 Å². The topological polar surface area (TPSA) is 36.9 Å². The van der Waals surface area contributed by atoms with Crippen LogP contribution in [-0.2, 0) is 4.74 Å². The van der Waals surface area contributed by atoms with Crippen molar-refractivity contribution in [1.82, 2.24) is 0 Å². The summed E-state index contributed by atoms with van der Waals surface area (Å²) in [4.78, 5) is 0.